The Kier molecular flexibility index (Phi) is 16.0. The van der Waals surface area contributed by atoms with Crippen molar-refractivity contribution in [1.82, 2.24) is 30.0 Å². The fraction of sp³-hybridized carbons (Fsp3) is 0.368. The van der Waals surface area contributed by atoms with Gasteiger partial charge in [-0.3, -0.25) is 18.7 Å². The smallest absolute Gasteiger partial charge is 0.265 e. The van der Waals surface area contributed by atoms with Gasteiger partial charge in [-0.25, -0.2) is 18.7 Å². The summed E-state index contributed by atoms with van der Waals surface area (Å²) in [4.78, 5) is 44.9. The van der Waals surface area contributed by atoms with Crippen LogP contribution in [0.25, 0.3) is 0 Å². The van der Waals surface area contributed by atoms with Crippen LogP contribution in [0.5, 0.6) is 11.5 Å². The largest absolute Gasteiger partial charge is 0.487 e. The average molecular weight is 1040 g/mol. The van der Waals surface area contributed by atoms with Gasteiger partial charge >= 0.3 is 0 Å². The maximum Gasteiger partial charge on any atom is 0.265 e. The maximum absolute atomic E-state index is 13.2. The third kappa shape index (κ3) is 13.1. The molecule has 6 aliphatic rings. The van der Waals surface area contributed by atoms with Crippen molar-refractivity contribution >= 4 is 33.6 Å². The van der Waals surface area contributed by atoms with Crippen LogP contribution < -0.4 is 24.6 Å². The van der Waals surface area contributed by atoms with Crippen LogP contribution in [0.1, 0.15) is 47.9 Å². The zero-order valence-electron chi connectivity index (χ0n) is 41.9. The Labute approximate surface area is 437 Å². The summed E-state index contributed by atoms with van der Waals surface area (Å²) in [7, 11) is -3.64. The van der Waals surface area contributed by atoms with Gasteiger partial charge in [-0.2, -0.15) is 8.42 Å². The summed E-state index contributed by atoms with van der Waals surface area (Å²) in [6, 6.07) is 42.6. The van der Waals surface area contributed by atoms with E-state index in [0.717, 1.165) is 91.6 Å². The Hall–Kier alpha value is -6.99. The Morgan fingerprint density at radius 1 is 0.587 bits per heavy atom. The molecule has 15 nitrogen and oxygen atoms in total. The van der Waals surface area contributed by atoms with Crippen LogP contribution in [0.15, 0.2) is 146 Å². The molecule has 75 heavy (non-hydrogen) atoms. The molecule has 6 saturated heterocycles. The van der Waals surface area contributed by atoms with Crippen LogP contribution in [0.3, 0.4) is 0 Å². The van der Waals surface area contributed by atoms with Gasteiger partial charge in [-0.15, -0.1) is 0 Å². The molecule has 6 fully saturated rings. The standard InChI is InChI=1S/C28H29FN4O2.C17H19N3O.C12H14FNO4S/c29-22-8-6-20(7-9-22)16-31-13-12-26(28(31)34)32-17-24-14-23(32)18-33(24)27-11-10-25(15-30-27)35-19-21-4-2-1-3-5-21;1-2-4-13(5-3-1)12-21-16-6-7-17(19-10-16)20-11-14-8-15(20)9-18-14;1-19(16,17)18-11-6-7-14(12(11)15)8-9-2-4-10(13)5-3-9/h1-11,15,23-24,26H,12-14,16-19H2;1-7,10,14-15,18H,8-9,11-12H2;2-5,11H,6-8H2,1H3/t23-,24-,26+;14-,15-;11-/m000/s1. The summed E-state index contributed by atoms with van der Waals surface area (Å²) in [5, 5.41) is 3.51. The molecule has 0 saturated carbocycles. The number of carbonyl (C=O) groups is 2. The fourth-order valence-electron chi connectivity index (χ4n) is 10.9. The number of carbonyl (C=O) groups excluding carboxylic acids is 2. The Balaban J connectivity index is 0.000000138. The summed E-state index contributed by atoms with van der Waals surface area (Å²) in [5.41, 5.74) is 4.06. The van der Waals surface area contributed by atoms with Gasteiger partial charge in [-0.05, 0) is 90.0 Å². The van der Waals surface area contributed by atoms with E-state index in [1.54, 1.807) is 30.5 Å². The Morgan fingerprint density at radius 2 is 1.12 bits per heavy atom. The highest BCUT2D eigenvalue weighted by atomic mass is 32.2. The van der Waals surface area contributed by atoms with Crippen molar-refractivity contribution in [1.29, 1.82) is 0 Å². The molecule has 8 heterocycles. The average Bonchev–Trinajstić information content (AvgIpc) is 4.32. The van der Waals surface area contributed by atoms with E-state index >= 15 is 0 Å². The quantitative estimate of drug-likeness (QED) is 0.106. The van der Waals surface area contributed by atoms with E-state index in [1.165, 1.54) is 41.1 Å². The van der Waals surface area contributed by atoms with E-state index in [0.29, 0.717) is 63.4 Å². The first-order valence-electron chi connectivity index (χ1n) is 25.6. The normalized spacial score (nSPS) is 22.8. The SMILES string of the molecule is CS(=O)(=O)O[C@H]1CCN(Cc2ccc(F)cc2)C1=O.O=C1[C@H](N2C[C@@H]3C[C@H]2CN3c2ccc(OCc3ccccc3)cn2)CCN1Cc1ccc(F)cc1.c1ccc(COc2ccc(N3C[C@@H]4C[C@H]3CN4)nc2)cc1. The van der Waals surface area contributed by atoms with E-state index in [9.17, 15) is 26.8 Å². The minimum absolute atomic E-state index is 0.0469. The molecule has 6 aromatic rings. The lowest BCUT2D eigenvalue weighted by Crippen LogP contribution is -2.52. The van der Waals surface area contributed by atoms with Gasteiger partial charge in [0.2, 0.25) is 5.91 Å². The number of ether oxygens (including phenoxy) is 2. The van der Waals surface area contributed by atoms with Crippen LogP contribution in [-0.2, 0) is 50.2 Å². The first-order chi connectivity index (χ1) is 36.4. The zero-order chi connectivity index (χ0) is 51.9. The highest BCUT2D eigenvalue weighted by molar-refractivity contribution is 7.86. The van der Waals surface area contributed by atoms with Crippen molar-refractivity contribution in [2.75, 3.05) is 55.3 Å². The zero-order valence-corrected chi connectivity index (χ0v) is 42.7. The number of fused-ring (bicyclic) bond motifs is 4. The van der Waals surface area contributed by atoms with Crippen LogP contribution in [0.2, 0.25) is 0 Å². The van der Waals surface area contributed by atoms with Gasteiger partial charge in [0.25, 0.3) is 16.0 Å². The number of nitrogens with one attached hydrogen (secondary N) is 1. The summed E-state index contributed by atoms with van der Waals surface area (Å²) in [5.74, 6) is 2.89. The number of rotatable bonds is 15. The van der Waals surface area contributed by atoms with Gasteiger partial charge in [0.05, 0.1) is 24.7 Å². The number of hydrogen-bond donors (Lipinski definition) is 1. The first-order valence-corrected chi connectivity index (χ1v) is 27.4. The number of halogens is 2. The number of anilines is 2. The second kappa shape index (κ2) is 23.3. The van der Waals surface area contributed by atoms with E-state index in [2.05, 4.69) is 48.2 Å². The van der Waals surface area contributed by atoms with Crippen LogP contribution in [0.4, 0.5) is 20.4 Å². The highest BCUT2D eigenvalue weighted by Gasteiger charge is 2.50. The molecule has 2 aromatic heterocycles. The monoisotopic (exact) mass is 1040 g/mol. The molecular weight excluding hydrogens is 979 g/mol. The molecule has 2 amide bonds. The van der Waals surface area contributed by atoms with Gasteiger partial charge in [0, 0.05) is 82.9 Å². The number of benzene rings is 4. The number of amides is 2. The van der Waals surface area contributed by atoms with Gasteiger partial charge in [-0.1, -0.05) is 84.9 Å². The van der Waals surface area contributed by atoms with E-state index in [-0.39, 0.29) is 29.5 Å². The lowest BCUT2D eigenvalue weighted by molar-refractivity contribution is -0.134. The lowest BCUT2D eigenvalue weighted by Gasteiger charge is -2.37. The molecule has 0 spiro atoms. The third-order valence-electron chi connectivity index (χ3n) is 14.6. The molecule has 0 aliphatic carbocycles. The summed E-state index contributed by atoms with van der Waals surface area (Å²) in [6.45, 7) is 7.10. The highest BCUT2D eigenvalue weighted by Crippen LogP contribution is 2.38. The number of aromatic nitrogens is 2. The predicted molar refractivity (Wildman–Crippen MR) is 280 cm³/mol. The van der Waals surface area contributed by atoms with Crippen LogP contribution in [0, 0.1) is 11.6 Å². The summed E-state index contributed by atoms with van der Waals surface area (Å²) < 4.78 is 64.3. The topological polar surface area (TPSA) is 150 Å². The van der Waals surface area contributed by atoms with Gasteiger partial charge < -0.3 is 34.4 Å². The molecule has 6 aliphatic heterocycles. The fourth-order valence-corrected chi connectivity index (χ4v) is 11.5. The molecule has 6 atom stereocenters. The summed E-state index contributed by atoms with van der Waals surface area (Å²) >= 11 is 0. The van der Waals surface area contributed by atoms with E-state index < -0.39 is 16.2 Å². The number of hydrogen-bond acceptors (Lipinski definition) is 13. The van der Waals surface area contributed by atoms with E-state index in [1.807, 2.05) is 77.8 Å². The molecule has 4 bridgehead atoms. The van der Waals surface area contributed by atoms with Crippen molar-refractivity contribution in [3.63, 3.8) is 0 Å². The van der Waals surface area contributed by atoms with Crippen molar-refractivity contribution in [2.45, 2.75) is 88.3 Å². The van der Waals surface area contributed by atoms with Crippen molar-refractivity contribution in [3.05, 3.63) is 180 Å². The maximum atomic E-state index is 13.2. The second-order valence-corrected chi connectivity index (χ2v) is 21.5. The second-order valence-electron chi connectivity index (χ2n) is 19.9. The minimum atomic E-state index is -3.64. The van der Waals surface area contributed by atoms with Crippen molar-refractivity contribution < 1.29 is 40.4 Å². The molecule has 0 unspecified atom stereocenters. The van der Waals surface area contributed by atoms with E-state index in [4.69, 9.17) is 13.7 Å². The number of nitrogens with zero attached hydrogens (tertiary/aromatic N) is 7. The predicted octanol–water partition coefficient (Wildman–Crippen LogP) is 6.98. The number of likely N-dealkylation sites (tertiary alicyclic amines) is 3. The molecule has 18 heteroatoms. The van der Waals surface area contributed by atoms with Gasteiger partial charge in [0.15, 0.2) is 6.10 Å². The lowest BCUT2D eigenvalue weighted by atomic mass is 10.1. The first kappa shape index (κ1) is 51.5. The molecular formula is C57H62F2N8O7S. The Bertz CT molecular complexity index is 2970. The van der Waals surface area contributed by atoms with Crippen LogP contribution in [-0.4, -0.2) is 127 Å². The minimum Gasteiger partial charge on any atom is -0.487 e. The molecule has 392 valence electrons. The Morgan fingerprint density at radius 3 is 1.59 bits per heavy atom. The van der Waals surface area contributed by atoms with Crippen LogP contribution >= 0.6 is 0 Å². The molecule has 0 radical (unpaired) electrons. The number of pyridine rings is 2. The van der Waals surface area contributed by atoms with Gasteiger partial charge in [0.1, 0.15) is 48.0 Å². The molecule has 12 rings (SSSR count). The molecule has 4 aromatic carbocycles. The van der Waals surface area contributed by atoms with Crippen molar-refractivity contribution in [3.8, 4) is 11.5 Å². The van der Waals surface area contributed by atoms with Crippen molar-refractivity contribution in [2.24, 2.45) is 0 Å². The number of piperazine rings is 2. The third-order valence-corrected chi connectivity index (χ3v) is 15.2. The molecule has 1 N–H and O–H groups in total. The summed E-state index contributed by atoms with van der Waals surface area (Å²) in [6.07, 6.45) is 7.12.